The maximum Gasteiger partial charge on any atom is 0.226 e. The molecule has 0 aliphatic heterocycles. The van der Waals surface area contributed by atoms with Gasteiger partial charge in [-0.2, -0.15) is 0 Å². The van der Waals surface area contributed by atoms with Gasteiger partial charge in [-0.25, -0.2) is 4.98 Å². The number of halogens is 3. The van der Waals surface area contributed by atoms with Crippen LogP contribution in [0.2, 0.25) is 15.1 Å². The molecule has 0 radical (unpaired) electrons. The lowest BCUT2D eigenvalue weighted by Gasteiger charge is -2.03. The first-order valence-electron chi connectivity index (χ1n) is 7.46. The third-order valence-corrected chi connectivity index (χ3v) is 5.03. The molecule has 3 nitrogen and oxygen atoms in total. The van der Waals surface area contributed by atoms with Gasteiger partial charge in [0, 0.05) is 27.4 Å². The van der Waals surface area contributed by atoms with Crippen LogP contribution in [0.5, 0.6) is 0 Å². The van der Waals surface area contributed by atoms with Crippen molar-refractivity contribution in [3.05, 3.63) is 68.5 Å². The second kappa shape index (κ2) is 8.19. The number of hydrogen-bond donors (Lipinski definition) is 1. The molecule has 3 aromatic rings. The number of anilines is 1. The number of carbonyl (C=O) groups excluding carboxylic acids is 1. The van der Waals surface area contributed by atoms with E-state index in [0.29, 0.717) is 38.7 Å². The molecule has 0 aliphatic rings. The summed E-state index contributed by atoms with van der Waals surface area (Å²) in [6, 6.07) is 12.7. The molecule has 2 aromatic carbocycles. The number of rotatable bonds is 5. The number of aromatic nitrogens is 1. The highest BCUT2D eigenvalue weighted by atomic mass is 35.5. The smallest absolute Gasteiger partial charge is 0.226 e. The summed E-state index contributed by atoms with van der Waals surface area (Å²) in [6.07, 6.45) is 0.977. The molecule has 7 heteroatoms. The monoisotopic (exact) mass is 410 g/mol. The topological polar surface area (TPSA) is 42.0 Å². The average Bonchev–Trinajstić information content (AvgIpc) is 3.01. The predicted molar refractivity (Wildman–Crippen MR) is 106 cm³/mol. The zero-order valence-electron chi connectivity index (χ0n) is 12.9. The van der Waals surface area contributed by atoms with E-state index < -0.39 is 0 Å². The van der Waals surface area contributed by atoms with E-state index in [1.165, 1.54) is 11.3 Å². The largest absolute Gasteiger partial charge is 0.302 e. The van der Waals surface area contributed by atoms with Gasteiger partial charge in [0.25, 0.3) is 0 Å². The van der Waals surface area contributed by atoms with E-state index in [0.717, 1.165) is 11.1 Å². The summed E-state index contributed by atoms with van der Waals surface area (Å²) >= 11 is 19.4. The summed E-state index contributed by atoms with van der Waals surface area (Å²) in [4.78, 5) is 16.5. The van der Waals surface area contributed by atoms with Crippen molar-refractivity contribution in [2.45, 2.75) is 12.8 Å². The molecule has 1 amide bonds. The van der Waals surface area contributed by atoms with Crippen LogP contribution in [0.3, 0.4) is 0 Å². The molecule has 0 fully saturated rings. The maximum absolute atomic E-state index is 12.1. The van der Waals surface area contributed by atoms with Crippen molar-refractivity contribution in [1.82, 2.24) is 4.98 Å². The standard InChI is InChI=1S/C18H13Cl3N2OS/c19-12-3-1-2-11(8-12)4-7-17(24)23-18-22-16(10-25-18)14-6-5-13(20)9-15(14)21/h1-3,5-6,8-10H,4,7H2,(H,22,23,24). The Kier molecular flexibility index (Phi) is 5.97. The number of aryl methyl sites for hydroxylation is 1. The van der Waals surface area contributed by atoms with E-state index in [2.05, 4.69) is 10.3 Å². The van der Waals surface area contributed by atoms with E-state index in [4.69, 9.17) is 34.8 Å². The first-order chi connectivity index (χ1) is 12.0. The van der Waals surface area contributed by atoms with Crippen molar-refractivity contribution in [2.75, 3.05) is 5.32 Å². The van der Waals surface area contributed by atoms with Crippen LogP contribution in [0.15, 0.2) is 47.8 Å². The SMILES string of the molecule is O=C(CCc1cccc(Cl)c1)Nc1nc(-c2ccc(Cl)cc2Cl)cs1. The van der Waals surface area contributed by atoms with Crippen molar-refractivity contribution >= 4 is 57.2 Å². The van der Waals surface area contributed by atoms with Crippen molar-refractivity contribution in [1.29, 1.82) is 0 Å². The molecule has 1 N–H and O–H groups in total. The highest BCUT2D eigenvalue weighted by Gasteiger charge is 2.11. The number of nitrogens with zero attached hydrogens (tertiary/aromatic N) is 1. The van der Waals surface area contributed by atoms with Gasteiger partial charge in [-0.1, -0.05) is 46.9 Å². The Morgan fingerprint density at radius 1 is 1.08 bits per heavy atom. The Labute approximate surface area is 164 Å². The molecule has 1 heterocycles. The highest BCUT2D eigenvalue weighted by molar-refractivity contribution is 7.14. The molecule has 0 saturated carbocycles. The lowest BCUT2D eigenvalue weighted by atomic mass is 10.1. The van der Waals surface area contributed by atoms with Crippen molar-refractivity contribution in [3.63, 3.8) is 0 Å². The summed E-state index contributed by atoms with van der Waals surface area (Å²) < 4.78 is 0. The van der Waals surface area contributed by atoms with Gasteiger partial charge in [0.1, 0.15) is 0 Å². The summed E-state index contributed by atoms with van der Waals surface area (Å²) in [5.74, 6) is -0.0944. The van der Waals surface area contributed by atoms with Crippen LogP contribution in [0.4, 0.5) is 5.13 Å². The fraction of sp³-hybridized carbons (Fsp3) is 0.111. The average molecular weight is 412 g/mol. The molecule has 1 aromatic heterocycles. The van der Waals surface area contributed by atoms with Gasteiger partial charge in [0.15, 0.2) is 5.13 Å². The van der Waals surface area contributed by atoms with Crippen LogP contribution >= 0.6 is 46.1 Å². The van der Waals surface area contributed by atoms with Gasteiger partial charge in [-0.05, 0) is 42.3 Å². The summed E-state index contributed by atoms with van der Waals surface area (Å²) in [5, 5.41) is 6.96. The molecular weight excluding hydrogens is 399 g/mol. The van der Waals surface area contributed by atoms with Crippen molar-refractivity contribution in [2.24, 2.45) is 0 Å². The third kappa shape index (κ3) is 4.95. The number of hydrogen-bond acceptors (Lipinski definition) is 3. The van der Waals surface area contributed by atoms with Crippen molar-refractivity contribution in [3.8, 4) is 11.3 Å². The number of thiazole rings is 1. The van der Waals surface area contributed by atoms with Crippen LogP contribution in [0, 0.1) is 0 Å². The quantitative estimate of drug-likeness (QED) is 0.532. The molecule has 0 unspecified atom stereocenters. The third-order valence-electron chi connectivity index (χ3n) is 3.49. The molecule has 0 aliphatic carbocycles. The van der Waals surface area contributed by atoms with Gasteiger partial charge in [0.05, 0.1) is 10.7 Å². The van der Waals surface area contributed by atoms with E-state index in [1.54, 1.807) is 12.1 Å². The van der Waals surface area contributed by atoms with Crippen LogP contribution in [0.25, 0.3) is 11.3 Å². The fourth-order valence-corrected chi connectivity index (χ4v) is 3.73. The van der Waals surface area contributed by atoms with Crippen LogP contribution in [0.1, 0.15) is 12.0 Å². The number of nitrogens with one attached hydrogen (secondary N) is 1. The normalized spacial score (nSPS) is 10.7. The molecule has 0 bridgehead atoms. The zero-order valence-corrected chi connectivity index (χ0v) is 16.0. The Bertz CT molecular complexity index is 911. The van der Waals surface area contributed by atoms with Gasteiger partial charge in [-0.3, -0.25) is 4.79 Å². The first kappa shape index (κ1) is 18.2. The molecule has 3 rings (SSSR count). The van der Waals surface area contributed by atoms with E-state index >= 15 is 0 Å². The van der Waals surface area contributed by atoms with Gasteiger partial charge in [0.2, 0.25) is 5.91 Å². The second-order valence-electron chi connectivity index (χ2n) is 5.34. The lowest BCUT2D eigenvalue weighted by molar-refractivity contribution is -0.116. The lowest BCUT2D eigenvalue weighted by Crippen LogP contribution is -2.12. The molecule has 0 spiro atoms. The minimum absolute atomic E-state index is 0.0944. The zero-order chi connectivity index (χ0) is 17.8. The highest BCUT2D eigenvalue weighted by Crippen LogP contribution is 2.32. The Balaban J connectivity index is 1.62. The van der Waals surface area contributed by atoms with Crippen molar-refractivity contribution < 1.29 is 4.79 Å². The minimum Gasteiger partial charge on any atom is -0.302 e. The molecular formula is C18H13Cl3N2OS. The summed E-state index contributed by atoms with van der Waals surface area (Å²) in [6.45, 7) is 0. The van der Waals surface area contributed by atoms with Crippen LogP contribution < -0.4 is 5.32 Å². The summed E-state index contributed by atoms with van der Waals surface area (Å²) in [7, 11) is 0. The molecule has 25 heavy (non-hydrogen) atoms. The molecule has 0 saturated heterocycles. The fourth-order valence-electron chi connectivity index (χ4n) is 2.28. The Morgan fingerprint density at radius 3 is 2.64 bits per heavy atom. The Morgan fingerprint density at radius 2 is 1.88 bits per heavy atom. The predicted octanol–water partition coefficient (Wildman–Crippen LogP) is 6.34. The van der Waals surface area contributed by atoms with Gasteiger partial charge in [-0.15, -0.1) is 11.3 Å². The molecule has 128 valence electrons. The van der Waals surface area contributed by atoms with Crippen LogP contribution in [-0.4, -0.2) is 10.9 Å². The first-order valence-corrected chi connectivity index (χ1v) is 9.48. The number of benzene rings is 2. The van der Waals surface area contributed by atoms with Gasteiger partial charge >= 0.3 is 0 Å². The van der Waals surface area contributed by atoms with E-state index in [9.17, 15) is 4.79 Å². The van der Waals surface area contributed by atoms with Crippen LogP contribution in [-0.2, 0) is 11.2 Å². The number of amides is 1. The minimum atomic E-state index is -0.0944. The maximum atomic E-state index is 12.1. The number of carbonyl (C=O) groups is 1. The summed E-state index contributed by atoms with van der Waals surface area (Å²) in [5.41, 5.74) is 2.51. The van der Waals surface area contributed by atoms with E-state index in [-0.39, 0.29) is 5.91 Å². The second-order valence-corrected chi connectivity index (χ2v) is 7.48. The molecule has 0 atom stereocenters. The Hall–Kier alpha value is -1.59. The van der Waals surface area contributed by atoms with E-state index in [1.807, 2.05) is 35.7 Å². The van der Waals surface area contributed by atoms with Gasteiger partial charge < -0.3 is 5.32 Å².